The lowest BCUT2D eigenvalue weighted by molar-refractivity contribution is -0.451. The van der Waals surface area contributed by atoms with Gasteiger partial charge in [-0.1, -0.05) is 50.5 Å². The Hall–Kier alpha value is -1.31. The minimum absolute atomic E-state index is 0.0870. The molecular weight excluding hydrogens is 358 g/mol. The van der Waals surface area contributed by atoms with Crippen LogP contribution in [-0.4, -0.2) is 46.7 Å². The molecule has 7 heteroatoms. The van der Waals surface area contributed by atoms with Crippen LogP contribution in [0.2, 0.25) is 0 Å². The largest absolute Gasteiger partial charge is 0.481 e. The van der Waals surface area contributed by atoms with E-state index in [9.17, 15) is 18.7 Å². The Morgan fingerprint density at radius 3 is 2.67 bits per heavy atom. The highest BCUT2D eigenvalue weighted by Crippen LogP contribution is 2.50. The van der Waals surface area contributed by atoms with Crippen molar-refractivity contribution in [1.82, 2.24) is 0 Å². The molecule has 2 bridgehead atoms. The number of aliphatic hydroxyl groups excluding tert-OH is 1. The molecule has 27 heavy (non-hydrogen) atoms. The van der Waals surface area contributed by atoms with Gasteiger partial charge in [0.05, 0.1) is 12.2 Å². The Kier molecular flexibility index (Phi) is 8.38. The molecule has 5 atom stereocenters. The van der Waals surface area contributed by atoms with Crippen LogP contribution in [0.1, 0.15) is 58.3 Å². The predicted octanol–water partition coefficient (Wildman–Crippen LogP) is 4.06. The van der Waals surface area contributed by atoms with Gasteiger partial charge in [-0.2, -0.15) is 8.78 Å². The van der Waals surface area contributed by atoms with E-state index < -0.39 is 42.4 Å². The Morgan fingerprint density at radius 1 is 1.22 bits per heavy atom. The Labute approximate surface area is 159 Å². The maximum atomic E-state index is 14.0. The molecule has 154 valence electrons. The summed E-state index contributed by atoms with van der Waals surface area (Å²) >= 11 is 0. The Balaban J connectivity index is 1.88. The molecule has 3 fully saturated rings. The number of alkyl halides is 2. The fourth-order valence-corrected chi connectivity index (χ4v) is 3.43. The highest BCUT2D eigenvalue weighted by molar-refractivity contribution is 5.66. The van der Waals surface area contributed by atoms with Gasteiger partial charge in [-0.25, -0.2) is 0 Å². The minimum atomic E-state index is -2.99. The summed E-state index contributed by atoms with van der Waals surface area (Å²) in [6, 6.07) is 0. The molecule has 0 unspecified atom stereocenters. The number of hydrogen-bond acceptors (Lipinski definition) is 4. The average molecular weight is 388 g/mol. The van der Waals surface area contributed by atoms with Crippen molar-refractivity contribution in [2.75, 3.05) is 0 Å². The van der Waals surface area contributed by atoms with Gasteiger partial charge in [-0.3, -0.25) is 4.79 Å². The van der Waals surface area contributed by atoms with Crippen LogP contribution in [0.15, 0.2) is 24.3 Å². The van der Waals surface area contributed by atoms with E-state index in [4.69, 9.17) is 14.6 Å². The fourth-order valence-electron chi connectivity index (χ4n) is 3.43. The molecule has 2 N–H and O–H groups in total. The third kappa shape index (κ3) is 6.09. The number of aliphatic hydroxyl groups is 1. The van der Waals surface area contributed by atoms with Crippen LogP contribution >= 0.6 is 0 Å². The molecule has 0 spiro atoms. The van der Waals surface area contributed by atoms with E-state index in [0.29, 0.717) is 25.7 Å². The molecule has 0 saturated carbocycles. The van der Waals surface area contributed by atoms with Crippen molar-refractivity contribution in [3.63, 3.8) is 0 Å². The summed E-state index contributed by atoms with van der Waals surface area (Å²) in [6.45, 7) is 2.09. The van der Waals surface area contributed by atoms with E-state index in [2.05, 4.69) is 6.92 Å². The van der Waals surface area contributed by atoms with Gasteiger partial charge in [0.25, 0.3) is 0 Å². The monoisotopic (exact) mass is 388 g/mol. The van der Waals surface area contributed by atoms with Crippen LogP contribution in [-0.2, 0) is 14.3 Å². The summed E-state index contributed by atoms with van der Waals surface area (Å²) in [5, 5.41) is 18.6. The molecule has 0 aliphatic carbocycles. The minimum Gasteiger partial charge on any atom is -0.481 e. The smallest absolute Gasteiger partial charge is 0.323 e. The number of hydrogen-bond donors (Lipinski definition) is 2. The lowest BCUT2D eigenvalue weighted by Crippen LogP contribution is -2.70. The molecule has 0 aromatic rings. The van der Waals surface area contributed by atoms with Crippen molar-refractivity contribution in [3.8, 4) is 0 Å². The maximum absolute atomic E-state index is 14.0. The van der Waals surface area contributed by atoms with Crippen LogP contribution < -0.4 is 0 Å². The first-order valence-corrected chi connectivity index (χ1v) is 9.78. The summed E-state index contributed by atoms with van der Waals surface area (Å²) in [5.41, 5.74) is 0. The number of carboxylic acids is 1. The highest BCUT2D eigenvalue weighted by atomic mass is 19.3. The summed E-state index contributed by atoms with van der Waals surface area (Å²) in [7, 11) is 0. The summed E-state index contributed by atoms with van der Waals surface area (Å²) in [4.78, 5) is 10.5. The van der Waals surface area contributed by atoms with E-state index in [-0.39, 0.29) is 6.42 Å². The van der Waals surface area contributed by atoms with E-state index >= 15 is 0 Å². The van der Waals surface area contributed by atoms with E-state index in [1.807, 2.05) is 6.08 Å². The number of halogens is 2. The summed E-state index contributed by atoms with van der Waals surface area (Å²) in [6.07, 6.45) is 8.28. The maximum Gasteiger partial charge on any atom is 0.323 e. The zero-order chi connectivity index (χ0) is 19.9. The number of fused-ring (bicyclic) bond motifs is 2. The van der Waals surface area contributed by atoms with Crippen LogP contribution in [0, 0.1) is 5.92 Å². The van der Waals surface area contributed by atoms with Gasteiger partial charge >= 0.3 is 11.9 Å². The molecule has 0 aromatic carbocycles. The molecule has 0 radical (unpaired) electrons. The molecule has 0 amide bonds. The Morgan fingerprint density at radius 2 is 2.00 bits per heavy atom. The molecule has 3 saturated heterocycles. The summed E-state index contributed by atoms with van der Waals surface area (Å²) < 4.78 is 38.5. The van der Waals surface area contributed by atoms with Gasteiger partial charge in [0.1, 0.15) is 6.10 Å². The number of carbonyl (C=O) groups is 1. The molecule has 3 rings (SSSR count). The number of carboxylic acid groups (broad SMARTS) is 1. The van der Waals surface area contributed by atoms with Crippen LogP contribution in [0.3, 0.4) is 0 Å². The Bertz CT molecular complexity index is 534. The fraction of sp³-hybridized carbons (Fsp3) is 0.750. The van der Waals surface area contributed by atoms with Crippen LogP contribution in [0.5, 0.6) is 0 Å². The first-order valence-electron chi connectivity index (χ1n) is 9.78. The standard InChI is InChI=1S/C20H30F2O5/c1-2-3-6-9-14(23)12-13-16-15(10-7-4-5-8-11-17(24)25)18-20(21,22)19(26-16)27-18/h4,7,12-16,18-19,23H,2-3,5-6,8-11H2,1H3,(H,24,25)/b7-4-,13-12+/t14-,15+,16+,18+,19+/m0/s1. The van der Waals surface area contributed by atoms with Crippen LogP contribution in [0.4, 0.5) is 8.78 Å². The second-order valence-electron chi connectivity index (χ2n) is 7.27. The number of unbranched alkanes of at least 4 members (excludes halogenated alkanes) is 3. The van der Waals surface area contributed by atoms with Gasteiger partial charge in [0.2, 0.25) is 6.29 Å². The molecular formula is C20H30F2O5. The molecule has 3 heterocycles. The van der Waals surface area contributed by atoms with Gasteiger partial charge in [-0.05, 0) is 25.7 Å². The lowest BCUT2D eigenvalue weighted by atomic mass is 9.81. The third-order valence-corrected chi connectivity index (χ3v) is 5.02. The molecule has 0 aromatic heterocycles. The lowest BCUT2D eigenvalue weighted by Gasteiger charge is -2.54. The number of allylic oxidation sites excluding steroid dienone is 2. The van der Waals surface area contributed by atoms with Gasteiger partial charge in [-0.15, -0.1) is 0 Å². The number of ether oxygens (including phenoxy) is 2. The van der Waals surface area contributed by atoms with Crippen molar-refractivity contribution < 1.29 is 33.3 Å². The topological polar surface area (TPSA) is 76.0 Å². The van der Waals surface area contributed by atoms with Gasteiger partial charge in [0, 0.05) is 12.3 Å². The zero-order valence-electron chi connectivity index (χ0n) is 15.7. The first-order chi connectivity index (χ1) is 12.9. The zero-order valence-corrected chi connectivity index (χ0v) is 15.7. The third-order valence-electron chi connectivity index (χ3n) is 5.02. The van der Waals surface area contributed by atoms with Gasteiger partial charge < -0.3 is 19.7 Å². The quantitative estimate of drug-likeness (QED) is 0.389. The van der Waals surface area contributed by atoms with E-state index in [1.54, 1.807) is 18.2 Å². The van der Waals surface area contributed by atoms with Gasteiger partial charge in [0.15, 0.2) is 0 Å². The normalized spacial score (nSPS) is 30.5. The number of rotatable bonds is 12. The van der Waals surface area contributed by atoms with Crippen molar-refractivity contribution >= 4 is 5.97 Å². The van der Waals surface area contributed by atoms with Crippen molar-refractivity contribution in [2.45, 2.75) is 88.8 Å². The van der Waals surface area contributed by atoms with E-state index in [0.717, 1.165) is 19.3 Å². The molecule has 3 aliphatic heterocycles. The second kappa shape index (κ2) is 10.3. The predicted molar refractivity (Wildman–Crippen MR) is 96.5 cm³/mol. The van der Waals surface area contributed by atoms with Crippen molar-refractivity contribution in [3.05, 3.63) is 24.3 Å². The average Bonchev–Trinajstić information content (AvgIpc) is 2.62. The molecule has 3 aliphatic rings. The van der Waals surface area contributed by atoms with Crippen molar-refractivity contribution in [1.29, 1.82) is 0 Å². The highest BCUT2D eigenvalue weighted by Gasteiger charge is 2.68. The van der Waals surface area contributed by atoms with E-state index in [1.165, 1.54) is 0 Å². The molecule has 5 nitrogen and oxygen atoms in total. The van der Waals surface area contributed by atoms with Crippen molar-refractivity contribution in [2.24, 2.45) is 5.92 Å². The second-order valence-corrected chi connectivity index (χ2v) is 7.27. The first kappa shape index (κ1) is 22.0. The summed E-state index contributed by atoms with van der Waals surface area (Å²) in [5.74, 6) is -4.38. The SMILES string of the molecule is CCCCC[C@H](O)/C=C/[C@H]1O[C@@H]2O[C@H]([C@@H]1C/C=C\CCCC(=O)O)C2(F)F. The number of aliphatic carboxylic acids is 1. The van der Waals surface area contributed by atoms with Crippen LogP contribution in [0.25, 0.3) is 0 Å².